The number of benzene rings is 1. The molecule has 2 rings (SSSR count). The summed E-state index contributed by atoms with van der Waals surface area (Å²) in [6.07, 6.45) is 0. The molecule has 0 aliphatic rings. The van der Waals surface area contributed by atoms with E-state index in [4.69, 9.17) is 22.1 Å². The second kappa shape index (κ2) is 7.16. The van der Waals surface area contributed by atoms with Crippen LogP contribution < -0.4 is 16.6 Å². The van der Waals surface area contributed by atoms with Crippen molar-refractivity contribution in [3.63, 3.8) is 0 Å². The Morgan fingerprint density at radius 2 is 2.29 bits per heavy atom. The number of carbonyl (C=O) groups is 1. The van der Waals surface area contributed by atoms with Gasteiger partial charge >= 0.3 is 0 Å². The Morgan fingerprint density at radius 1 is 1.48 bits per heavy atom. The number of H-pyrrole nitrogens is 1. The predicted octanol–water partition coefficient (Wildman–Crippen LogP) is 0.168. The fourth-order valence-corrected chi connectivity index (χ4v) is 1.93. The van der Waals surface area contributed by atoms with Crippen molar-refractivity contribution >= 4 is 28.4 Å². The average Bonchev–Trinajstić information content (AvgIpc) is 2.41. The molecule has 1 aromatic heterocycles. The molecule has 0 saturated heterocycles. The van der Waals surface area contributed by atoms with Gasteiger partial charge in [-0.05, 0) is 18.2 Å². The third-order valence-corrected chi connectivity index (χ3v) is 2.91. The molecule has 112 valence electrons. The third-order valence-electron chi connectivity index (χ3n) is 2.68. The number of rotatable bonds is 7. The van der Waals surface area contributed by atoms with Crippen molar-refractivity contribution in [2.75, 3.05) is 19.8 Å². The molecule has 0 bridgehead atoms. The van der Waals surface area contributed by atoms with Gasteiger partial charge in [0.05, 0.1) is 24.1 Å². The molecule has 0 radical (unpaired) electrons. The van der Waals surface area contributed by atoms with Gasteiger partial charge in [0.2, 0.25) is 5.91 Å². The molecule has 0 fully saturated rings. The van der Waals surface area contributed by atoms with Crippen LogP contribution >= 0.6 is 11.6 Å². The highest BCUT2D eigenvalue weighted by Gasteiger charge is 2.04. The van der Waals surface area contributed by atoms with E-state index in [9.17, 15) is 9.59 Å². The molecule has 1 aromatic carbocycles. The molecule has 21 heavy (non-hydrogen) atoms. The van der Waals surface area contributed by atoms with E-state index in [1.807, 2.05) is 0 Å². The zero-order chi connectivity index (χ0) is 15.2. The summed E-state index contributed by atoms with van der Waals surface area (Å²) in [5.74, 6) is -0.00271. The highest BCUT2D eigenvalue weighted by molar-refractivity contribution is 6.31. The minimum Gasteiger partial charge on any atom is -0.370 e. The molecule has 7 nitrogen and oxygen atoms in total. The first kappa shape index (κ1) is 15.4. The van der Waals surface area contributed by atoms with Crippen LogP contribution in [0.3, 0.4) is 0 Å². The van der Waals surface area contributed by atoms with Gasteiger partial charge in [-0.3, -0.25) is 9.59 Å². The zero-order valence-corrected chi connectivity index (χ0v) is 11.9. The number of nitrogens with two attached hydrogens (primary N) is 1. The molecule has 0 aliphatic carbocycles. The van der Waals surface area contributed by atoms with Crippen LogP contribution in [0.25, 0.3) is 10.9 Å². The van der Waals surface area contributed by atoms with Crippen LogP contribution in [0.4, 0.5) is 0 Å². The fourth-order valence-electron chi connectivity index (χ4n) is 1.77. The largest absolute Gasteiger partial charge is 0.370 e. The lowest BCUT2D eigenvalue weighted by atomic mass is 10.2. The fraction of sp³-hybridized carbons (Fsp3) is 0.308. The van der Waals surface area contributed by atoms with Gasteiger partial charge in [0, 0.05) is 11.6 Å². The monoisotopic (exact) mass is 310 g/mol. The number of nitrogens with one attached hydrogen (secondary N) is 2. The van der Waals surface area contributed by atoms with Gasteiger partial charge in [-0.1, -0.05) is 11.6 Å². The van der Waals surface area contributed by atoms with Gasteiger partial charge in [0.1, 0.15) is 12.4 Å². The summed E-state index contributed by atoms with van der Waals surface area (Å²) in [6, 6.07) is 4.93. The number of ether oxygens (including phenoxy) is 1. The van der Waals surface area contributed by atoms with Crippen molar-refractivity contribution in [3.8, 4) is 0 Å². The zero-order valence-electron chi connectivity index (χ0n) is 11.2. The molecule has 8 heteroatoms. The Balaban J connectivity index is 1.93. The number of halogens is 1. The molecule has 2 aromatic rings. The van der Waals surface area contributed by atoms with Crippen LogP contribution in [0.15, 0.2) is 23.0 Å². The second-order valence-corrected chi connectivity index (χ2v) is 4.81. The van der Waals surface area contributed by atoms with E-state index >= 15 is 0 Å². The summed E-state index contributed by atoms with van der Waals surface area (Å²) in [6.45, 7) is 1.11. The van der Waals surface area contributed by atoms with Gasteiger partial charge in [0.15, 0.2) is 0 Å². The van der Waals surface area contributed by atoms with Gasteiger partial charge in [-0.25, -0.2) is 4.98 Å². The molecule has 0 atom stereocenters. The van der Waals surface area contributed by atoms with Crippen molar-refractivity contribution in [3.05, 3.63) is 39.4 Å². The molecule has 1 amide bonds. The third kappa shape index (κ3) is 4.52. The lowest BCUT2D eigenvalue weighted by Crippen LogP contribution is -2.25. The van der Waals surface area contributed by atoms with Gasteiger partial charge in [0.25, 0.3) is 5.56 Å². The van der Waals surface area contributed by atoms with Gasteiger partial charge in [-0.2, -0.15) is 0 Å². The summed E-state index contributed by atoms with van der Waals surface area (Å²) in [7, 11) is 0. The first-order valence-corrected chi connectivity index (χ1v) is 6.69. The summed E-state index contributed by atoms with van der Waals surface area (Å²) >= 11 is 5.89. The predicted molar refractivity (Wildman–Crippen MR) is 79.1 cm³/mol. The van der Waals surface area contributed by atoms with Crippen LogP contribution in [0.1, 0.15) is 5.82 Å². The van der Waals surface area contributed by atoms with Crippen LogP contribution in [0, 0.1) is 0 Å². The molecule has 0 aliphatic heterocycles. The van der Waals surface area contributed by atoms with E-state index in [0.29, 0.717) is 41.4 Å². The van der Waals surface area contributed by atoms with Crippen molar-refractivity contribution in [1.29, 1.82) is 0 Å². The Hall–Kier alpha value is -1.96. The maximum Gasteiger partial charge on any atom is 0.258 e. The average molecular weight is 311 g/mol. The smallest absolute Gasteiger partial charge is 0.258 e. The van der Waals surface area contributed by atoms with Crippen molar-refractivity contribution in [1.82, 2.24) is 15.3 Å². The van der Waals surface area contributed by atoms with Crippen LogP contribution in [-0.4, -0.2) is 35.6 Å². The summed E-state index contributed by atoms with van der Waals surface area (Å²) in [5.41, 5.74) is 5.27. The van der Waals surface area contributed by atoms with E-state index < -0.39 is 5.91 Å². The van der Waals surface area contributed by atoms with E-state index in [1.165, 1.54) is 0 Å². The summed E-state index contributed by atoms with van der Waals surface area (Å²) < 4.78 is 5.00. The van der Waals surface area contributed by atoms with Crippen molar-refractivity contribution in [2.24, 2.45) is 5.73 Å². The highest BCUT2D eigenvalue weighted by Crippen LogP contribution is 2.14. The number of primary amides is 1. The molecule has 0 saturated carbocycles. The quantitative estimate of drug-likeness (QED) is 0.631. The molecule has 4 N–H and O–H groups in total. The minimum atomic E-state index is -0.507. The number of carbonyl (C=O) groups excluding carboxylic acids is 1. The molecule has 0 spiro atoms. The molecule has 1 heterocycles. The summed E-state index contributed by atoms with van der Waals surface area (Å²) in [4.78, 5) is 29.4. The molecule has 0 unspecified atom stereocenters. The van der Waals surface area contributed by atoms with E-state index in [-0.39, 0.29) is 12.2 Å². The maximum absolute atomic E-state index is 11.9. The maximum atomic E-state index is 11.9. The number of aromatic amines is 1. The number of hydrogen-bond donors (Lipinski definition) is 3. The standard InChI is InChI=1S/C13H15ClN4O3/c14-8-1-2-9-10(5-8)17-12(18-13(9)20)6-16-3-4-21-7-11(15)19/h1-2,5,16H,3-4,6-7H2,(H2,15,19)(H,17,18,20). The van der Waals surface area contributed by atoms with E-state index in [1.54, 1.807) is 18.2 Å². The van der Waals surface area contributed by atoms with Gasteiger partial charge in [-0.15, -0.1) is 0 Å². The Morgan fingerprint density at radius 3 is 3.05 bits per heavy atom. The first-order valence-electron chi connectivity index (χ1n) is 6.31. The highest BCUT2D eigenvalue weighted by atomic mass is 35.5. The SMILES string of the molecule is NC(=O)COCCNCc1nc2cc(Cl)ccc2c(=O)[nH]1. The second-order valence-electron chi connectivity index (χ2n) is 4.37. The number of hydrogen-bond acceptors (Lipinski definition) is 5. The molecular formula is C13H15ClN4O3. The normalized spacial score (nSPS) is 10.9. The van der Waals surface area contributed by atoms with Crippen LogP contribution in [-0.2, 0) is 16.1 Å². The van der Waals surface area contributed by atoms with Crippen molar-refractivity contribution < 1.29 is 9.53 Å². The Labute approximate surface area is 125 Å². The van der Waals surface area contributed by atoms with E-state index in [0.717, 1.165) is 0 Å². The number of aromatic nitrogens is 2. The van der Waals surface area contributed by atoms with Crippen LogP contribution in [0.5, 0.6) is 0 Å². The van der Waals surface area contributed by atoms with E-state index in [2.05, 4.69) is 15.3 Å². The van der Waals surface area contributed by atoms with Crippen LogP contribution in [0.2, 0.25) is 5.02 Å². The lowest BCUT2D eigenvalue weighted by Gasteiger charge is -2.06. The number of amides is 1. The minimum absolute atomic E-state index is 0.106. The topological polar surface area (TPSA) is 110 Å². The number of fused-ring (bicyclic) bond motifs is 1. The summed E-state index contributed by atoms with van der Waals surface area (Å²) in [5, 5.41) is 4.06. The first-order chi connectivity index (χ1) is 10.1. The van der Waals surface area contributed by atoms with Gasteiger partial charge < -0.3 is 20.8 Å². The molecular weight excluding hydrogens is 296 g/mol. The Kier molecular flexibility index (Phi) is 5.26. The lowest BCUT2D eigenvalue weighted by molar-refractivity contribution is -0.122. The number of nitrogens with zero attached hydrogens (tertiary/aromatic N) is 1. The Bertz CT molecular complexity index is 701. The van der Waals surface area contributed by atoms with Crippen molar-refractivity contribution in [2.45, 2.75) is 6.54 Å².